The molecule has 0 atom stereocenters. The van der Waals surface area contributed by atoms with Crippen molar-refractivity contribution in [2.24, 2.45) is 0 Å². The smallest absolute Gasteiger partial charge is 0.176 e. The highest BCUT2D eigenvalue weighted by molar-refractivity contribution is 7.18. The van der Waals surface area contributed by atoms with Crippen LogP contribution in [-0.2, 0) is 6.42 Å². The van der Waals surface area contributed by atoms with Gasteiger partial charge >= 0.3 is 0 Å². The number of phenolic OH excluding ortho intramolecular Hbond substituents is 1. The first kappa shape index (κ1) is 15.0. The fourth-order valence-corrected chi connectivity index (χ4v) is 3.90. The molecule has 2 aromatic carbocycles. The van der Waals surface area contributed by atoms with E-state index in [1.54, 1.807) is 17.4 Å². The van der Waals surface area contributed by atoms with Crippen molar-refractivity contribution in [3.8, 4) is 26.8 Å². The number of hydrogen-bond donors (Lipinski definition) is 1. The minimum absolute atomic E-state index is 0.198. The molecule has 0 amide bonds. The number of thiophene rings is 1. The number of aryl methyl sites for hydroxylation is 2. The van der Waals surface area contributed by atoms with Crippen molar-refractivity contribution in [2.75, 3.05) is 0 Å². The molecule has 24 heavy (non-hydrogen) atoms. The van der Waals surface area contributed by atoms with Gasteiger partial charge in [-0.1, -0.05) is 42.8 Å². The molecular formula is C21H18O2S. The number of rotatable bonds is 3. The predicted molar refractivity (Wildman–Crippen MR) is 101 cm³/mol. The van der Waals surface area contributed by atoms with E-state index >= 15 is 0 Å². The third-order valence-electron chi connectivity index (χ3n) is 4.32. The first-order chi connectivity index (χ1) is 11.7. The molecule has 2 heterocycles. The van der Waals surface area contributed by atoms with Gasteiger partial charge in [0.15, 0.2) is 11.3 Å². The van der Waals surface area contributed by atoms with Gasteiger partial charge in [0.05, 0.1) is 4.88 Å². The summed E-state index contributed by atoms with van der Waals surface area (Å²) in [5.74, 6) is 1.01. The molecule has 1 N–H and O–H groups in total. The van der Waals surface area contributed by atoms with Crippen LogP contribution in [0.3, 0.4) is 0 Å². The second kappa shape index (κ2) is 5.84. The van der Waals surface area contributed by atoms with Gasteiger partial charge in [-0.15, -0.1) is 11.3 Å². The minimum atomic E-state index is 0.198. The summed E-state index contributed by atoms with van der Waals surface area (Å²) in [4.78, 5) is 2.29. The monoisotopic (exact) mass is 334 g/mol. The van der Waals surface area contributed by atoms with Crippen LogP contribution in [0.25, 0.3) is 32.0 Å². The van der Waals surface area contributed by atoms with Crippen molar-refractivity contribution in [3.63, 3.8) is 0 Å². The lowest BCUT2D eigenvalue weighted by atomic mass is 10.1. The van der Waals surface area contributed by atoms with Crippen LogP contribution in [0.5, 0.6) is 5.75 Å². The average Bonchev–Trinajstić information content (AvgIpc) is 3.23. The van der Waals surface area contributed by atoms with Gasteiger partial charge in [0.1, 0.15) is 5.76 Å². The van der Waals surface area contributed by atoms with Gasteiger partial charge in [-0.25, -0.2) is 0 Å². The molecule has 4 rings (SSSR count). The second-order valence-electron chi connectivity index (χ2n) is 5.98. The zero-order valence-corrected chi connectivity index (χ0v) is 14.5. The molecule has 0 saturated heterocycles. The van der Waals surface area contributed by atoms with Crippen LogP contribution < -0.4 is 0 Å². The molecule has 0 fully saturated rings. The lowest BCUT2D eigenvalue weighted by Crippen LogP contribution is -1.79. The summed E-state index contributed by atoms with van der Waals surface area (Å²) in [6.07, 6.45) is 0.912. The zero-order chi connectivity index (χ0) is 16.7. The largest absolute Gasteiger partial charge is 0.504 e. The van der Waals surface area contributed by atoms with E-state index < -0.39 is 0 Å². The van der Waals surface area contributed by atoms with Crippen LogP contribution in [0, 0.1) is 6.92 Å². The normalized spacial score (nSPS) is 11.2. The number of aromatic hydroxyl groups is 1. The molecule has 0 aliphatic rings. The van der Waals surface area contributed by atoms with Crippen LogP contribution in [0.4, 0.5) is 0 Å². The molecule has 0 radical (unpaired) electrons. The van der Waals surface area contributed by atoms with Gasteiger partial charge in [0, 0.05) is 10.3 Å². The third-order valence-corrected chi connectivity index (χ3v) is 5.47. The van der Waals surface area contributed by atoms with Gasteiger partial charge in [-0.3, -0.25) is 0 Å². The summed E-state index contributed by atoms with van der Waals surface area (Å²) in [6, 6.07) is 18.5. The summed E-state index contributed by atoms with van der Waals surface area (Å²) >= 11 is 1.70. The van der Waals surface area contributed by atoms with E-state index in [9.17, 15) is 5.11 Å². The zero-order valence-electron chi connectivity index (χ0n) is 13.7. The highest BCUT2D eigenvalue weighted by Gasteiger charge is 2.14. The van der Waals surface area contributed by atoms with E-state index in [0.29, 0.717) is 5.58 Å². The van der Waals surface area contributed by atoms with Crippen LogP contribution >= 0.6 is 11.3 Å². The Morgan fingerprint density at radius 3 is 2.46 bits per heavy atom. The van der Waals surface area contributed by atoms with Gasteiger partial charge in [0.2, 0.25) is 0 Å². The predicted octanol–water partition coefficient (Wildman–Crippen LogP) is 6.40. The maximum absolute atomic E-state index is 10.1. The molecule has 0 aliphatic carbocycles. The maximum Gasteiger partial charge on any atom is 0.176 e. The quantitative estimate of drug-likeness (QED) is 0.470. The minimum Gasteiger partial charge on any atom is -0.504 e. The van der Waals surface area contributed by atoms with E-state index in [1.165, 1.54) is 21.6 Å². The number of phenols is 1. The molecule has 0 unspecified atom stereocenters. The summed E-state index contributed by atoms with van der Waals surface area (Å²) < 4.78 is 5.96. The first-order valence-electron chi connectivity index (χ1n) is 8.07. The Bertz CT molecular complexity index is 1010. The molecule has 120 valence electrons. The van der Waals surface area contributed by atoms with Crippen molar-refractivity contribution in [1.29, 1.82) is 0 Å². The highest BCUT2D eigenvalue weighted by Crippen LogP contribution is 2.39. The Morgan fingerprint density at radius 2 is 1.71 bits per heavy atom. The number of furan rings is 1. The van der Waals surface area contributed by atoms with Crippen molar-refractivity contribution in [2.45, 2.75) is 20.3 Å². The standard InChI is InChI=1S/C21H18O2S/c1-3-14-8-9-17(22)21-16(14)12-18(23-21)20-11-10-19(24-20)15-6-4-13(2)5-7-15/h4-12,22H,3H2,1-2H3. The molecule has 0 bridgehead atoms. The molecular weight excluding hydrogens is 316 g/mol. The fourth-order valence-electron chi connectivity index (χ4n) is 2.94. The first-order valence-corrected chi connectivity index (χ1v) is 8.89. The van der Waals surface area contributed by atoms with Crippen molar-refractivity contribution in [1.82, 2.24) is 0 Å². The topological polar surface area (TPSA) is 33.4 Å². The Morgan fingerprint density at radius 1 is 0.958 bits per heavy atom. The number of fused-ring (bicyclic) bond motifs is 1. The summed E-state index contributed by atoms with van der Waals surface area (Å²) in [7, 11) is 0. The molecule has 0 spiro atoms. The SMILES string of the molecule is CCc1ccc(O)c2oc(-c3ccc(-c4ccc(C)cc4)s3)cc12. The Balaban J connectivity index is 1.78. The van der Waals surface area contributed by atoms with Crippen molar-refractivity contribution >= 4 is 22.3 Å². The molecule has 0 saturated carbocycles. The maximum atomic E-state index is 10.1. The Kier molecular flexibility index (Phi) is 3.66. The lowest BCUT2D eigenvalue weighted by Gasteiger charge is -1.98. The number of benzene rings is 2. The fraction of sp³-hybridized carbons (Fsp3) is 0.143. The van der Waals surface area contributed by atoms with Gasteiger partial charge in [-0.2, -0.15) is 0 Å². The summed E-state index contributed by atoms with van der Waals surface area (Å²) in [5, 5.41) is 11.1. The van der Waals surface area contributed by atoms with Gasteiger partial charge in [-0.05, 0) is 48.7 Å². The van der Waals surface area contributed by atoms with Crippen LogP contribution in [0.2, 0.25) is 0 Å². The van der Waals surface area contributed by atoms with Gasteiger partial charge in [0.25, 0.3) is 0 Å². The summed E-state index contributed by atoms with van der Waals surface area (Å²) in [6.45, 7) is 4.20. The van der Waals surface area contributed by atoms with E-state index in [2.05, 4.69) is 50.2 Å². The summed E-state index contributed by atoms with van der Waals surface area (Å²) in [5.41, 5.74) is 4.24. The molecule has 2 aromatic heterocycles. The lowest BCUT2D eigenvalue weighted by molar-refractivity contribution is 0.466. The van der Waals surface area contributed by atoms with Gasteiger partial charge < -0.3 is 9.52 Å². The van der Waals surface area contributed by atoms with E-state index in [0.717, 1.165) is 22.4 Å². The van der Waals surface area contributed by atoms with Crippen molar-refractivity contribution < 1.29 is 9.52 Å². The third kappa shape index (κ3) is 2.51. The van der Waals surface area contributed by atoms with E-state index in [4.69, 9.17) is 4.42 Å². The van der Waals surface area contributed by atoms with Crippen LogP contribution in [0.15, 0.2) is 59.0 Å². The average molecular weight is 334 g/mol. The van der Waals surface area contributed by atoms with Crippen molar-refractivity contribution in [3.05, 3.63) is 65.7 Å². The molecule has 4 aromatic rings. The van der Waals surface area contributed by atoms with Crippen LogP contribution in [0.1, 0.15) is 18.1 Å². The Hall–Kier alpha value is -2.52. The second-order valence-corrected chi connectivity index (χ2v) is 7.06. The molecule has 3 heteroatoms. The molecule has 0 aliphatic heterocycles. The van der Waals surface area contributed by atoms with E-state index in [-0.39, 0.29) is 5.75 Å². The van der Waals surface area contributed by atoms with E-state index in [1.807, 2.05) is 12.1 Å². The molecule has 2 nitrogen and oxygen atoms in total. The highest BCUT2D eigenvalue weighted by atomic mass is 32.1. The number of hydrogen-bond acceptors (Lipinski definition) is 3. The Labute approximate surface area is 145 Å². The van der Waals surface area contributed by atoms with Crippen LogP contribution in [-0.4, -0.2) is 5.11 Å².